The lowest BCUT2D eigenvalue weighted by Gasteiger charge is -2.11. The largest absolute Gasteiger partial charge is 0.425 e. The molecule has 0 spiro atoms. The molecule has 4 heteroatoms. The Kier molecular flexibility index (Phi) is 4.18. The zero-order chi connectivity index (χ0) is 21.7. The summed E-state index contributed by atoms with van der Waals surface area (Å²) < 4.78 is 11.0. The van der Waals surface area contributed by atoms with Crippen LogP contribution in [0.25, 0.3) is 11.1 Å². The van der Waals surface area contributed by atoms with Crippen molar-refractivity contribution in [2.45, 2.75) is 11.8 Å². The molecular weight excluding hydrogens is 400 g/mol. The minimum Gasteiger partial charge on any atom is -0.425 e. The molecular formula is C28H18O4. The second-order valence-corrected chi connectivity index (χ2v) is 8.03. The van der Waals surface area contributed by atoms with Gasteiger partial charge in [-0.2, -0.15) is 0 Å². The number of hydrogen-bond donors (Lipinski definition) is 0. The minimum atomic E-state index is -0.442. The summed E-state index contributed by atoms with van der Waals surface area (Å²) in [5, 5.41) is 0. The van der Waals surface area contributed by atoms with Gasteiger partial charge in [-0.25, -0.2) is 0 Å². The third kappa shape index (κ3) is 2.92. The monoisotopic (exact) mass is 418 g/mol. The lowest BCUT2D eigenvalue weighted by molar-refractivity contribution is -0.134. The van der Waals surface area contributed by atoms with Crippen molar-refractivity contribution in [3.05, 3.63) is 119 Å². The average Bonchev–Trinajstić information content (AvgIpc) is 3.34. The van der Waals surface area contributed by atoms with Gasteiger partial charge in [0.25, 0.3) is 0 Å². The number of hydrogen-bond acceptors (Lipinski definition) is 4. The third-order valence-corrected chi connectivity index (χ3v) is 6.13. The highest BCUT2D eigenvalue weighted by molar-refractivity contribution is 5.92. The van der Waals surface area contributed by atoms with E-state index in [4.69, 9.17) is 9.47 Å². The molecule has 4 aromatic rings. The number of benzene rings is 4. The highest BCUT2D eigenvalue weighted by Crippen LogP contribution is 2.44. The van der Waals surface area contributed by atoms with Gasteiger partial charge >= 0.3 is 11.9 Å². The van der Waals surface area contributed by atoms with Crippen molar-refractivity contribution in [2.75, 3.05) is 0 Å². The lowest BCUT2D eigenvalue weighted by atomic mass is 9.88. The first-order valence-corrected chi connectivity index (χ1v) is 10.5. The zero-order valence-electron chi connectivity index (χ0n) is 17.0. The second-order valence-electron chi connectivity index (χ2n) is 8.03. The van der Waals surface area contributed by atoms with E-state index in [-0.39, 0.29) is 11.9 Å². The summed E-state index contributed by atoms with van der Waals surface area (Å²) in [4.78, 5) is 25.2. The molecule has 0 aliphatic carbocycles. The van der Waals surface area contributed by atoms with E-state index >= 15 is 0 Å². The predicted octanol–water partition coefficient (Wildman–Crippen LogP) is 5.46. The van der Waals surface area contributed by atoms with E-state index in [1.165, 1.54) is 0 Å². The van der Waals surface area contributed by atoms with Crippen molar-refractivity contribution in [1.29, 1.82) is 0 Å². The smallest absolute Gasteiger partial charge is 0.323 e. The highest BCUT2D eigenvalue weighted by Gasteiger charge is 2.36. The van der Waals surface area contributed by atoms with Crippen LogP contribution in [0.1, 0.15) is 34.1 Å². The Labute approximate surface area is 185 Å². The maximum atomic E-state index is 12.6. The molecule has 0 bridgehead atoms. The number of carbonyl (C=O) groups excluding carboxylic acids is 2. The first kappa shape index (κ1) is 18.6. The van der Waals surface area contributed by atoms with E-state index in [9.17, 15) is 9.59 Å². The Morgan fingerprint density at radius 2 is 0.906 bits per heavy atom. The molecule has 32 heavy (non-hydrogen) atoms. The van der Waals surface area contributed by atoms with E-state index in [1.54, 1.807) is 0 Å². The van der Waals surface area contributed by atoms with Gasteiger partial charge in [-0.3, -0.25) is 9.59 Å². The summed E-state index contributed by atoms with van der Waals surface area (Å²) in [5.74, 6) is -0.227. The molecule has 2 aliphatic rings. The number of carbonyl (C=O) groups is 2. The van der Waals surface area contributed by atoms with Crippen LogP contribution in [0.5, 0.6) is 11.5 Å². The molecule has 0 radical (unpaired) electrons. The molecule has 4 aromatic carbocycles. The molecule has 0 aromatic heterocycles. The van der Waals surface area contributed by atoms with Crippen molar-refractivity contribution in [3.8, 4) is 22.6 Å². The number of ether oxygens (including phenoxy) is 2. The van der Waals surface area contributed by atoms with Crippen LogP contribution in [0.2, 0.25) is 0 Å². The molecule has 6 rings (SSSR count). The van der Waals surface area contributed by atoms with E-state index in [1.807, 2.05) is 97.1 Å². The summed E-state index contributed by atoms with van der Waals surface area (Å²) in [6.07, 6.45) is 0. The fraction of sp³-hybridized carbons (Fsp3) is 0.0714. The summed E-state index contributed by atoms with van der Waals surface area (Å²) in [5.41, 5.74) is 5.43. The van der Waals surface area contributed by atoms with Crippen LogP contribution in [0.4, 0.5) is 0 Å². The van der Waals surface area contributed by atoms with Crippen molar-refractivity contribution >= 4 is 11.9 Å². The Bertz CT molecular complexity index is 1250. The maximum Gasteiger partial charge on any atom is 0.323 e. The Hall–Kier alpha value is -4.18. The number of esters is 2. The highest BCUT2D eigenvalue weighted by atomic mass is 16.5. The third-order valence-electron chi connectivity index (χ3n) is 6.13. The maximum absolute atomic E-state index is 12.6. The van der Waals surface area contributed by atoms with Crippen LogP contribution < -0.4 is 9.47 Å². The van der Waals surface area contributed by atoms with Crippen LogP contribution in [-0.4, -0.2) is 11.9 Å². The SMILES string of the molecule is O=C1Oc2ccc(-c3ccc4c(c3)C(c3ccccc3)C(=O)O4)cc2C1c1ccccc1. The molecule has 2 heterocycles. The molecule has 0 saturated heterocycles. The van der Waals surface area contributed by atoms with Gasteiger partial charge in [-0.1, -0.05) is 72.8 Å². The van der Waals surface area contributed by atoms with Gasteiger partial charge in [0.1, 0.15) is 23.3 Å². The molecule has 0 fully saturated rings. The van der Waals surface area contributed by atoms with Crippen LogP contribution in [0, 0.1) is 0 Å². The van der Waals surface area contributed by atoms with E-state index < -0.39 is 11.8 Å². The van der Waals surface area contributed by atoms with Gasteiger partial charge in [-0.05, 0) is 46.5 Å². The molecule has 2 aliphatic heterocycles. The molecule has 154 valence electrons. The summed E-state index contributed by atoms with van der Waals surface area (Å²) in [7, 11) is 0. The van der Waals surface area contributed by atoms with Crippen molar-refractivity contribution in [3.63, 3.8) is 0 Å². The van der Waals surface area contributed by atoms with E-state index in [2.05, 4.69) is 0 Å². The lowest BCUT2D eigenvalue weighted by Crippen LogP contribution is -2.11. The normalized spacial score (nSPS) is 18.6. The van der Waals surface area contributed by atoms with Gasteiger partial charge in [0.15, 0.2) is 0 Å². The Balaban J connectivity index is 1.43. The number of rotatable bonds is 3. The second kappa shape index (κ2) is 7.20. The van der Waals surface area contributed by atoms with E-state index in [0.29, 0.717) is 11.5 Å². The van der Waals surface area contributed by atoms with Gasteiger partial charge in [0.05, 0.1) is 0 Å². The first-order chi connectivity index (χ1) is 15.7. The van der Waals surface area contributed by atoms with Gasteiger partial charge in [0.2, 0.25) is 0 Å². The Morgan fingerprint density at radius 1 is 0.500 bits per heavy atom. The van der Waals surface area contributed by atoms with Crippen molar-refractivity contribution in [1.82, 2.24) is 0 Å². The molecule has 2 unspecified atom stereocenters. The van der Waals surface area contributed by atoms with Crippen LogP contribution in [0.3, 0.4) is 0 Å². The first-order valence-electron chi connectivity index (χ1n) is 10.5. The summed E-state index contributed by atoms with van der Waals surface area (Å²) in [6.45, 7) is 0. The molecule has 4 nitrogen and oxygen atoms in total. The van der Waals surface area contributed by atoms with Gasteiger partial charge in [-0.15, -0.1) is 0 Å². The molecule has 0 saturated carbocycles. The topological polar surface area (TPSA) is 52.6 Å². The standard InChI is InChI=1S/C28H18O4/c29-27-25(17-7-3-1-4-8-17)21-15-19(11-13-23(21)31-27)20-12-14-24-22(16-20)26(28(30)32-24)18-9-5-2-6-10-18/h1-16,25-26H. The summed E-state index contributed by atoms with van der Waals surface area (Å²) >= 11 is 0. The van der Waals surface area contributed by atoms with Crippen molar-refractivity contribution < 1.29 is 19.1 Å². The van der Waals surface area contributed by atoms with Crippen LogP contribution in [-0.2, 0) is 9.59 Å². The molecule has 2 atom stereocenters. The minimum absolute atomic E-state index is 0.263. The van der Waals surface area contributed by atoms with Crippen molar-refractivity contribution in [2.24, 2.45) is 0 Å². The quantitative estimate of drug-likeness (QED) is 0.328. The van der Waals surface area contributed by atoms with E-state index in [0.717, 1.165) is 33.4 Å². The van der Waals surface area contributed by atoms with Gasteiger partial charge < -0.3 is 9.47 Å². The Morgan fingerprint density at radius 3 is 1.31 bits per heavy atom. The van der Waals surface area contributed by atoms with Crippen LogP contribution in [0.15, 0.2) is 97.1 Å². The predicted molar refractivity (Wildman–Crippen MR) is 120 cm³/mol. The molecule has 0 amide bonds. The number of fused-ring (bicyclic) bond motifs is 2. The zero-order valence-corrected chi connectivity index (χ0v) is 17.0. The molecule has 0 N–H and O–H groups in total. The average molecular weight is 418 g/mol. The van der Waals surface area contributed by atoms with Crippen LogP contribution >= 0.6 is 0 Å². The fourth-order valence-corrected chi connectivity index (χ4v) is 4.60. The van der Waals surface area contributed by atoms with Gasteiger partial charge in [0, 0.05) is 11.1 Å². The fourth-order valence-electron chi connectivity index (χ4n) is 4.60. The summed E-state index contributed by atoms with van der Waals surface area (Å²) in [6, 6.07) is 30.9.